The molecular weight excluding hydrogens is 937 g/mol. The lowest BCUT2D eigenvalue weighted by molar-refractivity contribution is -0.167. The highest BCUT2D eigenvalue weighted by Crippen LogP contribution is 2.19. The molecule has 76 heavy (non-hydrogen) atoms. The highest BCUT2D eigenvalue weighted by Gasteiger charge is 2.19. The summed E-state index contributed by atoms with van der Waals surface area (Å²) in [6.45, 7) is 6.70. The molecule has 6 nitrogen and oxygen atoms in total. The van der Waals surface area contributed by atoms with Gasteiger partial charge in [0.05, 0.1) is 0 Å². The van der Waals surface area contributed by atoms with Gasteiger partial charge in [-0.1, -0.05) is 340 Å². The summed E-state index contributed by atoms with van der Waals surface area (Å²) in [6, 6.07) is 0. The molecule has 0 aliphatic heterocycles. The molecule has 1 unspecified atom stereocenters. The smallest absolute Gasteiger partial charge is 0.306 e. The number of carbonyl (C=O) groups is 3. The number of unbranched alkanes of at least 4 members (excludes halogenated alkanes) is 49. The molecule has 0 aromatic heterocycles. The highest BCUT2D eigenvalue weighted by atomic mass is 16.6. The van der Waals surface area contributed by atoms with Crippen molar-refractivity contribution in [1.29, 1.82) is 0 Å². The fourth-order valence-electron chi connectivity index (χ4n) is 10.5. The minimum absolute atomic E-state index is 0.0664. The molecule has 0 rings (SSSR count). The summed E-state index contributed by atoms with van der Waals surface area (Å²) < 4.78 is 17.0. The minimum atomic E-state index is -0.770. The van der Waals surface area contributed by atoms with E-state index in [2.05, 4.69) is 45.1 Å². The van der Waals surface area contributed by atoms with Crippen LogP contribution in [0.3, 0.4) is 0 Å². The van der Waals surface area contributed by atoms with Gasteiger partial charge in [-0.25, -0.2) is 0 Å². The second-order valence-electron chi connectivity index (χ2n) is 23.5. The quantitative estimate of drug-likeness (QED) is 0.0261. The van der Waals surface area contributed by atoms with Gasteiger partial charge in [0.1, 0.15) is 13.2 Å². The molecule has 0 saturated carbocycles. The van der Waals surface area contributed by atoms with E-state index in [9.17, 15) is 14.4 Å². The number of allylic oxidation sites excluding steroid dienone is 4. The van der Waals surface area contributed by atoms with Gasteiger partial charge in [-0.3, -0.25) is 14.4 Å². The minimum Gasteiger partial charge on any atom is -0.462 e. The zero-order chi connectivity index (χ0) is 55.0. The molecule has 0 saturated heterocycles. The summed E-state index contributed by atoms with van der Waals surface area (Å²) >= 11 is 0. The third kappa shape index (κ3) is 62.7. The van der Waals surface area contributed by atoms with Crippen molar-refractivity contribution in [2.75, 3.05) is 13.2 Å². The summed E-state index contributed by atoms with van der Waals surface area (Å²) in [4.78, 5) is 38.4. The van der Waals surface area contributed by atoms with E-state index < -0.39 is 6.10 Å². The predicted octanol–water partition coefficient (Wildman–Crippen LogP) is 23.4. The fraction of sp³-hybridized carbons (Fsp3) is 0.900. The fourth-order valence-corrected chi connectivity index (χ4v) is 10.5. The Labute approximate surface area is 474 Å². The molecule has 0 amide bonds. The van der Waals surface area contributed by atoms with Crippen molar-refractivity contribution in [2.45, 2.75) is 393 Å². The van der Waals surface area contributed by atoms with E-state index in [1.807, 2.05) is 0 Å². The van der Waals surface area contributed by atoms with Gasteiger partial charge in [0.15, 0.2) is 6.10 Å². The average molecular weight is 1070 g/mol. The molecule has 0 heterocycles. The summed E-state index contributed by atoms with van der Waals surface area (Å²) in [5.74, 6) is -0.838. The van der Waals surface area contributed by atoms with Crippen LogP contribution in [0.5, 0.6) is 0 Å². The predicted molar refractivity (Wildman–Crippen MR) is 330 cm³/mol. The van der Waals surface area contributed by atoms with Crippen molar-refractivity contribution >= 4 is 17.9 Å². The lowest BCUT2D eigenvalue weighted by Crippen LogP contribution is -2.30. The lowest BCUT2D eigenvalue weighted by atomic mass is 10.0. The summed E-state index contributed by atoms with van der Waals surface area (Å²) in [6.07, 6.45) is 79.1. The summed E-state index contributed by atoms with van der Waals surface area (Å²) in [5, 5.41) is 0. The lowest BCUT2D eigenvalue weighted by Gasteiger charge is -2.18. The summed E-state index contributed by atoms with van der Waals surface area (Å²) in [7, 11) is 0. The van der Waals surface area contributed by atoms with Crippen LogP contribution in [-0.2, 0) is 28.6 Å². The first-order chi connectivity index (χ1) is 37.5. The normalized spacial score (nSPS) is 12.1. The van der Waals surface area contributed by atoms with Gasteiger partial charge in [0.25, 0.3) is 0 Å². The van der Waals surface area contributed by atoms with Crippen molar-refractivity contribution < 1.29 is 28.6 Å². The Balaban J connectivity index is 4.28. The second kappa shape index (κ2) is 65.4. The number of carbonyl (C=O) groups excluding carboxylic acids is 3. The standard InChI is InChI=1S/C70H132O6/c1-4-7-10-13-16-19-22-25-28-31-33-34-35-36-38-39-42-45-48-51-54-57-60-63-69(72)75-66-67(65-74-68(71)62-59-56-53-50-47-44-41-30-27-24-21-18-15-12-9-6-3)76-70(73)64-61-58-55-52-49-46-43-40-37-32-29-26-23-20-17-14-11-8-5-2/h17,20,26,29,67H,4-16,18-19,21-25,27-28,30-66H2,1-3H3/b20-17-,29-26-. The van der Waals surface area contributed by atoms with E-state index in [0.29, 0.717) is 19.3 Å². The van der Waals surface area contributed by atoms with Gasteiger partial charge < -0.3 is 14.2 Å². The van der Waals surface area contributed by atoms with Crippen LogP contribution >= 0.6 is 0 Å². The largest absolute Gasteiger partial charge is 0.462 e. The van der Waals surface area contributed by atoms with Crippen molar-refractivity contribution in [3.05, 3.63) is 24.3 Å². The number of rotatable bonds is 64. The van der Waals surface area contributed by atoms with Crippen LogP contribution in [-0.4, -0.2) is 37.2 Å². The zero-order valence-corrected chi connectivity index (χ0v) is 51.6. The third-order valence-corrected chi connectivity index (χ3v) is 15.7. The molecule has 0 aliphatic carbocycles. The molecular formula is C70H132O6. The molecule has 6 heteroatoms. The number of hydrogen-bond acceptors (Lipinski definition) is 6. The maximum Gasteiger partial charge on any atom is 0.306 e. The van der Waals surface area contributed by atoms with Crippen molar-refractivity contribution in [2.24, 2.45) is 0 Å². The average Bonchev–Trinajstić information content (AvgIpc) is 3.42. The van der Waals surface area contributed by atoms with E-state index in [1.54, 1.807) is 0 Å². The molecule has 1 atom stereocenters. The van der Waals surface area contributed by atoms with Crippen LogP contribution in [0.15, 0.2) is 24.3 Å². The van der Waals surface area contributed by atoms with E-state index in [-0.39, 0.29) is 31.1 Å². The van der Waals surface area contributed by atoms with E-state index >= 15 is 0 Å². The molecule has 0 aromatic carbocycles. The van der Waals surface area contributed by atoms with Crippen LogP contribution in [0, 0.1) is 0 Å². The molecule has 0 aliphatic rings. The van der Waals surface area contributed by atoms with Crippen LogP contribution in [0.25, 0.3) is 0 Å². The monoisotopic (exact) mass is 1070 g/mol. The van der Waals surface area contributed by atoms with Crippen LogP contribution in [0.4, 0.5) is 0 Å². The molecule has 0 fully saturated rings. The third-order valence-electron chi connectivity index (χ3n) is 15.7. The van der Waals surface area contributed by atoms with Crippen molar-refractivity contribution in [3.8, 4) is 0 Å². The Morgan fingerprint density at radius 3 is 0.750 bits per heavy atom. The van der Waals surface area contributed by atoms with Crippen molar-refractivity contribution in [3.63, 3.8) is 0 Å². The Morgan fingerprint density at radius 1 is 0.263 bits per heavy atom. The molecule has 0 bridgehead atoms. The summed E-state index contributed by atoms with van der Waals surface area (Å²) in [5.41, 5.74) is 0. The molecule has 0 spiro atoms. The molecule has 448 valence electrons. The van der Waals surface area contributed by atoms with Crippen LogP contribution in [0.2, 0.25) is 0 Å². The molecule has 0 N–H and O–H groups in total. The van der Waals surface area contributed by atoms with Gasteiger partial charge in [-0.15, -0.1) is 0 Å². The number of hydrogen-bond donors (Lipinski definition) is 0. The van der Waals surface area contributed by atoms with Gasteiger partial charge >= 0.3 is 17.9 Å². The first kappa shape index (κ1) is 73.9. The molecule has 0 radical (unpaired) electrons. The zero-order valence-electron chi connectivity index (χ0n) is 51.6. The van der Waals surface area contributed by atoms with E-state index in [1.165, 1.54) is 283 Å². The topological polar surface area (TPSA) is 78.9 Å². The highest BCUT2D eigenvalue weighted by molar-refractivity contribution is 5.71. The SMILES string of the molecule is CCCCC/C=C\C/C=C\CCCCCCCCCCCC(=O)OC(COC(=O)CCCCCCCCCCCCCCCCCC)COC(=O)CCCCCCCCCCCCCCCCCCCCCCCCC. The van der Waals surface area contributed by atoms with Gasteiger partial charge in [0, 0.05) is 19.3 Å². The van der Waals surface area contributed by atoms with Gasteiger partial charge in [-0.05, 0) is 51.4 Å². The van der Waals surface area contributed by atoms with Crippen LogP contribution in [0.1, 0.15) is 387 Å². The number of esters is 3. The second-order valence-corrected chi connectivity index (χ2v) is 23.5. The maximum atomic E-state index is 12.9. The van der Waals surface area contributed by atoms with E-state index in [4.69, 9.17) is 14.2 Å². The Bertz CT molecular complexity index is 1230. The Kier molecular flexibility index (Phi) is 63.6. The maximum absolute atomic E-state index is 12.9. The Morgan fingerprint density at radius 2 is 0.474 bits per heavy atom. The van der Waals surface area contributed by atoms with Gasteiger partial charge in [0.2, 0.25) is 0 Å². The van der Waals surface area contributed by atoms with Crippen LogP contribution < -0.4 is 0 Å². The van der Waals surface area contributed by atoms with Gasteiger partial charge in [-0.2, -0.15) is 0 Å². The van der Waals surface area contributed by atoms with Crippen molar-refractivity contribution in [1.82, 2.24) is 0 Å². The first-order valence-electron chi connectivity index (χ1n) is 34.3. The van der Waals surface area contributed by atoms with E-state index in [0.717, 1.165) is 64.2 Å². The number of ether oxygens (including phenoxy) is 3. The Hall–Kier alpha value is -2.11. The first-order valence-corrected chi connectivity index (χ1v) is 34.3. The molecule has 0 aromatic rings.